The Bertz CT molecular complexity index is 1450. The van der Waals surface area contributed by atoms with Gasteiger partial charge in [0, 0.05) is 74.2 Å². The zero-order chi connectivity index (χ0) is 26.7. The average molecular weight is 515 g/mol. The van der Waals surface area contributed by atoms with E-state index >= 15 is 0 Å². The molecule has 0 bridgehead atoms. The highest BCUT2D eigenvalue weighted by molar-refractivity contribution is 5.95. The number of nitriles is 1. The maximum Gasteiger partial charge on any atom is 0.248 e. The van der Waals surface area contributed by atoms with Crippen molar-refractivity contribution in [2.75, 3.05) is 55.6 Å². The minimum atomic E-state index is -0.856. The fraction of sp³-hybridized carbons (Fsp3) is 0.448. The van der Waals surface area contributed by atoms with Crippen molar-refractivity contribution < 1.29 is 9.84 Å². The Balaban J connectivity index is 1.11. The van der Waals surface area contributed by atoms with Gasteiger partial charge < -0.3 is 30.4 Å². The quantitative estimate of drug-likeness (QED) is 0.471. The summed E-state index contributed by atoms with van der Waals surface area (Å²) in [5, 5.41) is 21.6. The van der Waals surface area contributed by atoms with Crippen LogP contribution in [0.25, 0.3) is 10.9 Å². The number of anilines is 2. The first-order valence-electron chi connectivity index (χ1n) is 13.2. The maximum absolute atomic E-state index is 11.9. The number of hydrogen-bond donors (Lipinski definition) is 3. The summed E-state index contributed by atoms with van der Waals surface area (Å²) in [5.74, 6) is 0. The molecule has 0 spiro atoms. The van der Waals surface area contributed by atoms with Crippen LogP contribution in [0.4, 0.5) is 11.4 Å². The van der Waals surface area contributed by atoms with Crippen molar-refractivity contribution in [3.05, 3.63) is 70.0 Å². The molecule has 0 amide bonds. The first-order valence-corrected chi connectivity index (χ1v) is 13.2. The molecule has 3 aromatic rings. The molecule has 9 nitrogen and oxygen atoms in total. The van der Waals surface area contributed by atoms with Gasteiger partial charge in [0.2, 0.25) is 5.56 Å². The Morgan fingerprint density at radius 3 is 2.50 bits per heavy atom. The number of β-amino-alcohol motifs (C(OH)–C–C–N with tert-alkyl or cyclic N) is 1. The van der Waals surface area contributed by atoms with Crippen molar-refractivity contribution >= 4 is 22.3 Å². The molecule has 2 unspecified atom stereocenters. The first kappa shape index (κ1) is 24.9. The van der Waals surface area contributed by atoms with Crippen LogP contribution in [0, 0.1) is 11.3 Å². The maximum atomic E-state index is 11.9. The number of morpholine rings is 1. The number of hydrogen-bond acceptors (Lipinski definition) is 8. The number of fused-ring (bicyclic) bond motifs is 1. The van der Waals surface area contributed by atoms with Crippen LogP contribution in [0.5, 0.6) is 0 Å². The molecule has 2 aromatic carbocycles. The lowest BCUT2D eigenvalue weighted by Gasteiger charge is -2.50. The monoisotopic (exact) mass is 514 g/mol. The molecule has 0 aliphatic carbocycles. The summed E-state index contributed by atoms with van der Waals surface area (Å²) in [6.45, 7) is 9.06. The number of rotatable bonds is 5. The molecular formula is C29H34N6O3. The number of aromatic nitrogens is 1. The second-order valence-corrected chi connectivity index (χ2v) is 11.6. The van der Waals surface area contributed by atoms with Crippen LogP contribution >= 0.6 is 0 Å². The Labute approximate surface area is 222 Å². The summed E-state index contributed by atoms with van der Waals surface area (Å²) < 4.78 is 6.28. The molecule has 4 heterocycles. The van der Waals surface area contributed by atoms with Gasteiger partial charge in [-0.15, -0.1) is 0 Å². The van der Waals surface area contributed by atoms with Crippen LogP contribution in [0.3, 0.4) is 0 Å². The van der Waals surface area contributed by atoms with Crippen LogP contribution in [-0.2, 0) is 10.3 Å². The molecule has 6 rings (SSSR count). The predicted molar refractivity (Wildman–Crippen MR) is 147 cm³/mol. The molecular weight excluding hydrogens is 480 g/mol. The third-order valence-corrected chi connectivity index (χ3v) is 7.97. The largest absolute Gasteiger partial charge is 0.382 e. The normalized spacial score (nSPS) is 24.5. The van der Waals surface area contributed by atoms with E-state index < -0.39 is 5.60 Å². The van der Waals surface area contributed by atoms with E-state index in [1.807, 2.05) is 18.2 Å². The fourth-order valence-electron chi connectivity index (χ4n) is 6.23. The van der Waals surface area contributed by atoms with Crippen LogP contribution in [-0.4, -0.2) is 78.6 Å². The molecule has 9 heteroatoms. The molecule has 38 heavy (non-hydrogen) atoms. The summed E-state index contributed by atoms with van der Waals surface area (Å²) >= 11 is 0. The zero-order valence-electron chi connectivity index (χ0n) is 21.9. The molecule has 198 valence electrons. The molecule has 4 N–H and O–H groups in total. The van der Waals surface area contributed by atoms with E-state index in [9.17, 15) is 15.2 Å². The van der Waals surface area contributed by atoms with Gasteiger partial charge in [0.25, 0.3) is 0 Å². The number of nitrogens with one attached hydrogen (secondary N) is 1. The zero-order valence-corrected chi connectivity index (χ0v) is 21.9. The van der Waals surface area contributed by atoms with Crippen molar-refractivity contribution in [2.24, 2.45) is 5.73 Å². The number of pyridine rings is 1. The van der Waals surface area contributed by atoms with Crippen LogP contribution in [0.1, 0.15) is 25.0 Å². The van der Waals surface area contributed by atoms with Gasteiger partial charge in [0.15, 0.2) is 0 Å². The highest BCUT2D eigenvalue weighted by Crippen LogP contribution is 2.35. The molecule has 0 radical (unpaired) electrons. The predicted octanol–water partition coefficient (Wildman–Crippen LogP) is 1.73. The standard InChI is InChI=1S/C29H34N6O3/c1-19-12-34(25-9-3-20(11-30)27-24(25)8-10-26(36)32-27)14-23(38-19)13-33-17-29(37,18-33)21-4-6-22(7-5-21)35-15-28(2,31)16-35/h3-10,19,23,37H,12-18,31H2,1-2H3,(H,32,36). The van der Waals surface area contributed by atoms with E-state index in [0.717, 1.165) is 42.0 Å². The van der Waals surface area contributed by atoms with E-state index in [-0.39, 0.29) is 23.3 Å². The summed E-state index contributed by atoms with van der Waals surface area (Å²) in [4.78, 5) is 21.5. The van der Waals surface area contributed by atoms with Crippen LogP contribution in [0.15, 0.2) is 53.3 Å². The van der Waals surface area contributed by atoms with Crippen molar-refractivity contribution in [1.29, 1.82) is 5.26 Å². The lowest BCUT2D eigenvalue weighted by atomic mass is 9.85. The van der Waals surface area contributed by atoms with E-state index in [2.05, 4.69) is 51.7 Å². The van der Waals surface area contributed by atoms with E-state index in [1.165, 1.54) is 6.07 Å². The Hall–Kier alpha value is -3.42. The highest BCUT2D eigenvalue weighted by atomic mass is 16.5. The van der Waals surface area contributed by atoms with Crippen molar-refractivity contribution in [3.8, 4) is 6.07 Å². The molecule has 2 atom stereocenters. The summed E-state index contributed by atoms with van der Waals surface area (Å²) in [5.41, 5.74) is 9.02. The molecule has 0 saturated carbocycles. The number of H-pyrrole nitrogens is 1. The van der Waals surface area contributed by atoms with Gasteiger partial charge in [0.05, 0.1) is 23.3 Å². The highest BCUT2D eigenvalue weighted by Gasteiger charge is 2.44. The first-order chi connectivity index (χ1) is 18.1. The molecule has 3 saturated heterocycles. The minimum absolute atomic E-state index is 0.0202. The van der Waals surface area contributed by atoms with Gasteiger partial charge in [0.1, 0.15) is 11.7 Å². The van der Waals surface area contributed by atoms with E-state index in [1.54, 1.807) is 12.1 Å². The Morgan fingerprint density at radius 1 is 1.08 bits per heavy atom. The smallest absolute Gasteiger partial charge is 0.248 e. The molecule has 3 fully saturated rings. The third kappa shape index (κ3) is 4.54. The van der Waals surface area contributed by atoms with E-state index in [4.69, 9.17) is 10.5 Å². The SMILES string of the molecule is CC1CN(c2ccc(C#N)c3[nH]c(=O)ccc23)CC(CN2CC(O)(c3ccc(N4CC(C)(N)C4)cc3)C2)O1. The average Bonchev–Trinajstić information content (AvgIpc) is 2.85. The van der Waals surface area contributed by atoms with Crippen molar-refractivity contribution in [1.82, 2.24) is 9.88 Å². The van der Waals surface area contributed by atoms with Crippen LogP contribution in [0.2, 0.25) is 0 Å². The molecule has 3 aliphatic heterocycles. The van der Waals surface area contributed by atoms with Crippen LogP contribution < -0.4 is 21.1 Å². The topological polar surface area (TPSA) is 122 Å². The van der Waals surface area contributed by atoms with Gasteiger partial charge in [-0.25, -0.2) is 0 Å². The minimum Gasteiger partial charge on any atom is -0.382 e. The van der Waals surface area contributed by atoms with Crippen molar-refractivity contribution in [2.45, 2.75) is 37.2 Å². The number of nitrogens with two attached hydrogens (primary N) is 1. The second kappa shape index (κ2) is 9.10. The number of aliphatic hydroxyl groups is 1. The number of likely N-dealkylation sites (tertiary alicyclic amines) is 1. The second-order valence-electron chi connectivity index (χ2n) is 11.6. The lowest BCUT2D eigenvalue weighted by Crippen LogP contribution is -2.65. The van der Waals surface area contributed by atoms with E-state index in [0.29, 0.717) is 37.3 Å². The number of benzene rings is 2. The molecule has 1 aromatic heterocycles. The summed E-state index contributed by atoms with van der Waals surface area (Å²) in [7, 11) is 0. The summed E-state index contributed by atoms with van der Waals surface area (Å²) in [6.07, 6.45) is -0.0112. The van der Waals surface area contributed by atoms with Gasteiger partial charge in [-0.05, 0) is 49.7 Å². The van der Waals surface area contributed by atoms with Gasteiger partial charge in [-0.2, -0.15) is 5.26 Å². The van der Waals surface area contributed by atoms with Gasteiger partial charge in [-0.3, -0.25) is 9.69 Å². The van der Waals surface area contributed by atoms with Gasteiger partial charge >= 0.3 is 0 Å². The summed E-state index contributed by atoms with van der Waals surface area (Å²) in [6, 6.07) is 17.4. The lowest BCUT2D eigenvalue weighted by molar-refractivity contribution is -0.127. The van der Waals surface area contributed by atoms with Gasteiger partial charge in [-0.1, -0.05) is 12.1 Å². The van der Waals surface area contributed by atoms with Crippen molar-refractivity contribution in [3.63, 3.8) is 0 Å². The molecule has 3 aliphatic rings. The third-order valence-electron chi connectivity index (χ3n) is 7.97. The number of aromatic amines is 1. The Morgan fingerprint density at radius 2 is 1.82 bits per heavy atom. The Kier molecular flexibility index (Phi) is 5.96. The number of nitrogens with zero attached hydrogens (tertiary/aromatic N) is 4. The number of ether oxygens (including phenoxy) is 1. The fourth-order valence-corrected chi connectivity index (χ4v) is 6.23.